The van der Waals surface area contributed by atoms with Crippen molar-refractivity contribution in [1.82, 2.24) is 4.90 Å². The van der Waals surface area contributed by atoms with E-state index in [1.54, 1.807) is 18.4 Å². The summed E-state index contributed by atoms with van der Waals surface area (Å²) in [5.41, 5.74) is 0. The van der Waals surface area contributed by atoms with Gasteiger partial charge in [0.25, 0.3) is 0 Å². The molecule has 132 valence electrons. The van der Waals surface area contributed by atoms with Crippen molar-refractivity contribution in [3.05, 3.63) is 21.9 Å². The molecule has 0 saturated heterocycles. The van der Waals surface area contributed by atoms with Crippen LogP contribution in [0.5, 0.6) is 0 Å². The summed E-state index contributed by atoms with van der Waals surface area (Å²) in [5.74, 6) is -0.244. The molecule has 5 nitrogen and oxygen atoms in total. The van der Waals surface area contributed by atoms with Crippen LogP contribution in [0.25, 0.3) is 0 Å². The molecular formula is C17H29NO4S. The van der Waals surface area contributed by atoms with Crippen molar-refractivity contribution >= 4 is 17.3 Å². The zero-order valence-electron chi connectivity index (χ0n) is 14.4. The Kier molecular flexibility index (Phi) is 10.1. The maximum atomic E-state index is 11.4. The van der Waals surface area contributed by atoms with Crippen molar-refractivity contribution < 1.29 is 19.4 Å². The standard InChI is InChI=1S/C17H29NO4S/c1-4-6-17(20)22-13-15(19)11-18(9-5-10-21-3)12-16-8-7-14(2)23-16/h7-8,15,19H,4-6,9-13H2,1-3H3. The minimum Gasteiger partial charge on any atom is -0.463 e. The Bertz CT molecular complexity index is 450. The average Bonchev–Trinajstić information content (AvgIpc) is 2.91. The van der Waals surface area contributed by atoms with Crippen LogP contribution in [0.4, 0.5) is 0 Å². The number of ether oxygens (including phenoxy) is 2. The number of aryl methyl sites for hydroxylation is 1. The number of esters is 1. The third-order valence-corrected chi connectivity index (χ3v) is 4.34. The first-order valence-electron chi connectivity index (χ1n) is 8.15. The van der Waals surface area contributed by atoms with Crippen LogP contribution in [-0.2, 0) is 20.8 Å². The Morgan fingerprint density at radius 2 is 2.22 bits per heavy atom. The van der Waals surface area contributed by atoms with Gasteiger partial charge in [0.1, 0.15) is 12.7 Å². The van der Waals surface area contributed by atoms with Crippen molar-refractivity contribution in [1.29, 1.82) is 0 Å². The number of carbonyl (C=O) groups is 1. The second kappa shape index (κ2) is 11.6. The predicted octanol–water partition coefficient (Wildman–Crippen LogP) is 2.60. The molecule has 0 bridgehead atoms. The number of aliphatic hydroxyl groups is 1. The number of carbonyl (C=O) groups excluding carboxylic acids is 1. The summed E-state index contributed by atoms with van der Waals surface area (Å²) in [6.07, 6.45) is 1.40. The highest BCUT2D eigenvalue weighted by atomic mass is 32.1. The largest absolute Gasteiger partial charge is 0.463 e. The number of methoxy groups -OCH3 is 1. The minimum atomic E-state index is -0.667. The lowest BCUT2D eigenvalue weighted by atomic mass is 10.3. The Hall–Kier alpha value is -0.950. The Balaban J connectivity index is 2.45. The van der Waals surface area contributed by atoms with Crippen LogP contribution in [-0.4, -0.2) is 55.5 Å². The molecule has 1 aromatic rings. The second-order valence-electron chi connectivity index (χ2n) is 5.68. The summed E-state index contributed by atoms with van der Waals surface area (Å²) < 4.78 is 10.2. The topological polar surface area (TPSA) is 59.0 Å². The molecule has 0 spiro atoms. The Morgan fingerprint density at radius 1 is 1.43 bits per heavy atom. The van der Waals surface area contributed by atoms with Crippen molar-refractivity contribution in [3.8, 4) is 0 Å². The van der Waals surface area contributed by atoms with Crippen molar-refractivity contribution in [3.63, 3.8) is 0 Å². The molecule has 1 heterocycles. The first-order valence-corrected chi connectivity index (χ1v) is 8.97. The molecule has 0 saturated carbocycles. The van der Waals surface area contributed by atoms with E-state index in [0.717, 1.165) is 25.9 Å². The molecule has 0 aliphatic heterocycles. The van der Waals surface area contributed by atoms with Crippen LogP contribution in [0, 0.1) is 6.92 Å². The SMILES string of the molecule is CCCC(=O)OCC(O)CN(CCCOC)Cc1ccc(C)s1. The molecule has 0 radical (unpaired) electrons. The monoisotopic (exact) mass is 343 g/mol. The number of aliphatic hydroxyl groups excluding tert-OH is 1. The molecule has 1 unspecified atom stereocenters. The van der Waals surface area contributed by atoms with Crippen LogP contribution >= 0.6 is 11.3 Å². The van der Waals surface area contributed by atoms with Gasteiger partial charge in [0.05, 0.1) is 0 Å². The Labute approximate surface area is 143 Å². The highest BCUT2D eigenvalue weighted by molar-refractivity contribution is 7.11. The molecule has 1 atom stereocenters. The van der Waals surface area contributed by atoms with Gasteiger partial charge in [0, 0.05) is 49.5 Å². The van der Waals surface area contributed by atoms with E-state index in [1.807, 2.05) is 6.92 Å². The fraction of sp³-hybridized carbons (Fsp3) is 0.706. The third-order valence-electron chi connectivity index (χ3n) is 3.36. The maximum absolute atomic E-state index is 11.4. The van der Waals surface area contributed by atoms with E-state index >= 15 is 0 Å². The van der Waals surface area contributed by atoms with Crippen LogP contribution in [0.3, 0.4) is 0 Å². The zero-order valence-corrected chi connectivity index (χ0v) is 15.2. The third kappa shape index (κ3) is 9.05. The van der Waals surface area contributed by atoms with Gasteiger partial charge in [-0.3, -0.25) is 9.69 Å². The van der Waals surface area contributed by atoms with E-state index in [9.17, 15) is 9.90 Å². The van der Waals surface area contributed by atoms with Crippen molar-refractivity contribution in [2.24, 2.45) is 0 Å². The lowest BCUT2D eigenvalue weighted by Gasteiger charge is -2.24. The lowest BCUT2D eigenvalue weighted by Crippen LogP contribution is -2.36. The molecule has 1 N–H and O–H groups in total. The molecular weight excluding hydrogens is 314 g/mol. The van der Waals surface area contributed by atoms with E-state index in [4.69, 9.17) is 9.47 Å². The van der Waals surface area contributed by atoms with E-state index in [0.29, 0.717) is 19.6 Å². The predicted molar refractivity (Wildman–Crippen MR) is 92.7 cm³/mol. The first kappa shape index (κ1) is 20.1. The summed E-state index contributed by atoms with van der Waals surface area (Å²) in [6.45, 7) is 6.89. The number of nitrogens with zero attached hydrogens (tertiary/aromatic N) is 1. The molecule has 6 heteroatoms. The molecule has 23 heavy (non-hydrogen) atoms. The van der Waals surface area contributed by atoms with Crippen LogP contribution in [0.1, 0.15) is 35.9 Å². The van der Waals surface area contributed by atoms with Gasteiger partial charge in [-0.15, -0.1) is 11.3 Å². The van der Waals surface area contributed by atoms with E-state index in [2.05, 4.69) is 24.0 Å². The van der Waals surface area contributed by atoms with Gasteiger partial charge in [0.15, 0.2) is 0 Å². The molecule has 0 fully saturated rings. The number of thiophene rings is 1. The fourth-order valence-corrected chi connectivity index (χ4v) is 3.21. The highest BCUT2D eigenvalue weighted by Gasteiger charge is 2.15. The maximum Gasteiger partial charge on any atom is 0.305 e. The van der Waals surface area contributed by atoms with Crippen molar-refractivity contribution in [2.45, 2.75) is 45.8 Å². The summed E-state index contributed by atoms with van der Waals surface area (Å²) in [7, 11) is 1.69. The second-order valence-corrected chi connectivity index (χ2v) is 7.05. The summed E-state index contributed by atoms with van der Waals surface area (Å²) in [4.78, 5) is 16.1. The van der Waals surface area contributed by atoms with Gasteiger partial charge in [-0.05, 0) is 31.9 Å². The zero-order chi connectivity index (χ0) is 17.1. The smallest absolute Gasteiger partial charge is 0.305 e. The van der Waals surface area contributed by atoms with Crippen molar-refractivity contribution in [2.75, 3.05) is 33.4 Å². The summed E-state index contributed by atoms with van der Waals surface area (Å²) in [5, 5.41) is 10.1. The molecule has 0 aliphatic rings. The van der Waals surface area contributed by atoms with Gasteiger partial charge in [-0.25, -0.2) is 0 Å². The quantitative estimate of drug-likeness (QED) is 0.467. The molecule has 0 amide bonds. The molecule has 1 aromatic heterocycles. The van der Waals surface area contributed by atoms with Crippen LogP contribution in [0.15, 0.2) is 12.1 Å². The van der Waals surface area contributed by atoms with Gasteiger partial charge < -0.3 is 14.6 Å². The normalized spacial score (nSPS) is 12.6. The van der Waals surface area contributed by atoms with Crippen LogP contribution in [0.2, 0.25) is 0 Å². The van der Waals surface area contributed by atoms with Gasteiger partial charge >= 0.3 is 5.97 Å². The molecule has 1 rings (SSSR count). The number of hydrogen-bond acceptors (Lipinski definition) is 6. The first-order chi connectivity index (χ1) is 11.0. The highest BCUT2D eigenvalue weighted by Crippen LogP contribution is 2.17. The van der Waals surface area contributed by atoms with E-state index < -0.39 is 6.10 Å². The summed E-state index contributed by atoms with van der Waals surface area (Å²) in [6, 6.07) is 4.23. The molecule has 0 aliphatic carbocycles. The lowest BCUT2D eigenvalue weighted by molar-refractivity contribution is -0.147. The minimum absolute atomic E-state index is 0.0586. The number of rotatable bonds is 12. The van der Waals surface area contributed by atoms with Crippen LogP contribution < -0.4 is 0 Å². The van der Waals surface area contributed by atoms with Gasteiger partial charge in [-0.1, -0.05) is 6.92 Å². The average molecular weight is 343 g/mol. The Morgan fingerprint density at radius 3 is 2.83 bits per heavy atom. The molecule has 0 aromatic carbocycles. The van der Waals surface area contributed by atoms with E-state index in [-0.39, 0.29) is 12.6 Å². The number of hydrogen-bond donors (Lipinski definition) is 1. The fourth-order valence-electron chi connectivity index (χ4n) is 2.27. The van der Waals surface area contributed by atoms with Gasteiger partial charge in [0.2, 0.25) is 0 Å². The van der Waals surface area contributed by atoms with E-state index in [1.165, 1.54) is 9.75 Å². The summed E-state index contributed by atoms with van der Waals surface area (Å²) >= 11 is 1.77. The van der Waals surface area contributed by atoms with Gasteiger partial charge in [-0.2, -0.15) is 0 Å².